The van der Waals surface area contributed by atoms with Gasteiger partial charge in [0.25, 0.3) is 0 Å². The van der Waals surface area contributed by atoms with Gasteiger partial charge in [-0.25, -0.2) is 0 Å². The third-order valence-corrected chi connectivity index (χ3v) is 3.73. The van der Waals surface area contributed by atoms with Crippen molar-refractivity contribution in [2.75, 3.05) is 31.3 Å². The molecule has 4 nitrogen and oxygen atoms in total. The number of amides is 1. The van der Waals surface area contributed by atoms with Crippen molar-refractivity contribution >= 4 is 23.4 Å². The molecule has 1 fully saturated rings. The van der Waals surface area contributed by atoms with Crippen LogP contribution in [0.4, 0.5) is 5.69 Å². The molecule has 5 heteroatoms. The maximum absolute atomic E-state index is 11.8. The lowest BCUT2D eigenvalue weighted by Crippen LogP contribution is -2.59. The van der Waals surface area contributed by atoms with Crippen molar-refractivity contribution in [2.24, 2.45) is 0 Å². The summed E-state index contributed by atoms with van der Waals surface area (Å²) >= 11 is 1.61. The first-order valence-corrected chi connectivity index (χ1v) is 7.13. The molecule has 1 saturated heterocycles. The Labute approximate surface area is 111 Å². The Morgan fingerprint density at radius 2 is 2.22 bits per heavy atom. The molecule has 2 N–H and O–H groups in total. The van der Waals surface area contributed by atoms with E-state index in [1.165, 1.54) is 0 Å². The van der Waals surface area contributed by atoms with E-state index in [1.54, 1.807) is 11.8 Å². The largest absolute Gasteiger partial charge is 0.363 e. The van der Waals surface area contributed by atoms with Crippen LogP contribution in [0.15, 0.2) is 29.2 Å². The fourth-order valence-corrected chi connectivity index (χ4v) is 2.31. The van der Waals surface area contributed by atoms with Crippen molar-refractivity contribution in [3.05, 3.63) is 24.3 Å². The highest BCUT2D eigenvalue weighted by Crippen LogP contribution is 2.24. The van der Waals surface area contributed by atoms with E-state index in [2.05, 4.69) is 10.6 Å². The summed E-state index contributed by atoms with van der Waals surface area (Å²) in [7, 11) is 0. The second kappa shape index (κ2) is 5.73. The Morgan fingerprint density at radius 3 is 2.83 bits per heavy atom. The van der Waals surface area contributed by atoms with Crippen molar-refractivity contribution in [1.82, 2.24) is 5.32 Å². The SMILES string of the molecule is CSc1ccccc1NC(=O)COC1(C)CNC1. The lowest BCUT2D eigenvalue weighted by Gasteiger charge is -2.38. The minimum absolute atomic E-state index is 0.0981. The fraction of sp³-hybridized carbons (Fsp3) is 0.462. The van der Waals surface area contributed by atoms with Crippen LogP contribution in [0.1, 0.15) is 6.92 Å². The number of rotatable bonds is 5. The van der Waals surface area contributed by atoms with E-state index in [1.807, 2.05) is 37.4 Å². The van der Waals surface area contributed by atoms with E-state index in [4.69, 9.17) is 4.74 Å². The van der Waals surface area contributed by atoms with Crippen molar-refractivity contribution in [3.63, 3.8) is 0 Å². The molecule has 0 spiro atoms. The van der Waals surface area contributed by atoms with Crippen LogP contribution in [-0.4, -0.2) is 37.5 Å². The fourth-order valence-electron chi connectivity index (χ4n) is 1.75. The summed E-state index contributed by atoms with van der Waals surface area (Å²) in [4.78, 5) is 12.9. The van der Waals surface area contributed by atoms with Gasteiger partial charge in [-0.2, -0.15) is 0 Å². The molecule has 1 aromatic carbocycles. The molecule has 1 aromatic rings. The standard InChI is InChI=1S/C13H18N2O2S/c1-13(8-14-9-13)17-7-12(16)15-10-5-3-4-6-11(10)18-2/h3-6,14H,7-9H2,1-2H3,(H,15,16). The lowest BCUT2D eigenvalue weighted by molar-refractivity contribution is -0.130. The Morgan fingerprint density at radius 1 is 1.50 bits per heavy atom. The van der Waals surface area contributed by atoms with Crippen LogP contribution in [-0.2, 0) is 9.53 Å². The molecule has 2 rings (SSSR count). The topological polar surface area (TPSA) is 50.4 Å². The third-order valence-electron chi connectivity index (χ3n) is 2.93. The summed E-state index contributed by atoms with van der Waals surface area (Å²) < 4.78 is 5.59. The van der Waals surface area contributed by atoms with Gasteiger partial charge in [-0.3, -0.25) is 4.79 Å². The van der Waals surface area contributed by atoms with Gasteiger partial charge >= 0.3 is 0 Å². The van der Waals surface area contributed by atoms with Crippen LogP contribution in [0.3, 0.4) is 0 Å². The minimum Gasteiger partial charge on any atom is -0.363 e. The zero-order valence-electron chi connectivity index (χ0n) is 10.7. The summed E-state index contributed by atoms with van der Waals surface area (Å²) in [6.45, 7) is 3.72. The number of ether oxygens (including phenoxy) is 1. The summed E-state index contributed by atoms with van der Waals surface area (Å²) in [6.07, 6.45) is 1.99. The summed E-state index contributed by atoms with van der Waals surface area (Å²) in [5.74, 6) is -0.107. The van der Waals surface area contributed by atoms with Crippen LogP contribution >= 0.6 is 11.8 Å². The predicted octanol–water partition coefficient (Wildman–Crippen LogP) is 1.73. The second-order valence-corrected chi connectivity index (χ2v) is 5.44. The number of hydrogen-bond donors (Lipinski definition) is 2. The number of nitrogens with one attached hydrogen (secondary N) is 2. The molecule has 1 amide bonds. The number of anilines is 1. The highest BCUT2D eigenvalue weighted by Gasteiger charge is 2.33. The quantitative estimate of drug-likeness (QED) is 0.797. The molecule has 0 radical (unpaired) electrons. The normalized spacial score (nSPS) is 17.0. The third kappa shape index (κ3) is 3.25. The molecule has 18 heavy (non-hydrogen) atoms. The summed E-state index contributed by atoms with van der Waals surface area (Å²) in [6, 6.07) is 7.75. The molecule has 0 aliphatic carbocycles. The van der Waals surface area contributed by atoms with Crippen molar-refractivity contribution < 1.29 is 9.53 Å². The Bertz CT molecular complexity index is 433. The monoisotopic (exact) mass is 266 g/mol. The first kappa shape index (κ1) is 13.4. The highest BCUT2D eigenvalue weighted by atomic mass is 32.2. The molecule has 98 valence electrons. The molecule has 0 saturated carbocycles. The van der Waals surface area contributed by atoms with Crippen LogP contribution in [0.5, 0.6) is 0 Å². The molecular weight excluding hydrogens is 248 g/mol. The average Bonchev–Trinajstić information content (AvgIpc) is 2.35. The zero-order valence-corrected chi connectivity index (χ0v) is 11.5. The van der Waals surface area contributed by atoms with Crippen molar-refractivity contribution in [2.45, 2.75) is 17.4 Å². The molecule has 0 unspecified atom stereocenters. The first-order chi connectivity index (χ1) is 8.63. The molecule has 1 heterocycles. The van der Waals surface area contributed by atoms with Crippen LogP contribution in [0, 0.1) is 0 Å². The lowest BCUT2D eigenvalue weighted by atomic mass is 10.0. The number of para-hydroxylation sites is 1. The molecule has 1 aliphatic heterocycles. The van der Waals surface area contributed by atoms with Gasteiger partial charge in [0.15, 0.2) is 0 Å². The smallest absolute Gasteiger partial charge is 0.250 e. The van der Waals surface area contributed by atoms with Crippen molar-refractivity contribution in [3.8, 4) is 0 Å². The van der Waals surface area contributed by atoms with Gasteiger partial charge in [0.1, 0.15) is 6.61 Å². The number of carbonyl (C=O) groups is 1. The number of carbonyl (C=O) groups excluding carboxylic acids is 1. The van der Waals surface area contributed by atoms with Gasteiger partial charge in [0, 0.05) is 18.0 Å². The average molecular weight is 266 g/mol. The first-order valence-electron chi connectivity index (χ1n) is 5.90. The summed E-state index contributed by atoms with van der Waals surface area (Å²) in [5.41, 5.74) is 0.659. The van der Waals surface area contributed by atoms with E-state index in [0.717, 1.165) is 23.7 Å². The van der Waals surface area contributed by atoms with E-state index in [0.29, 0.717) is 0 Å². The molecule has 0 aromatic heterocycles. The predicted molar refractivity (Wildman–Crippen MR) is 74.1 cm³/mol. The van der Waals surface area contributed by atoms with Crippen LogP contribution in [0.2, 0.25) is 0 Å². The van der Waals surface area contributed by atoms with Gasteiger partial charge in [-0.1, -0.05) is 12.1 Å². The van der Waals surface area contributed by atoms with E-state index < -0.39 is 0 Å². The number of hydrogen-bond acceptors (Lipinski definition) is 4. The van der Waals surface area contributed by atoms with Gasteiger partial charge in [-0.15, -0.1) is 11.8 Å². The zero-order chi connectivity index (χ0) is 13.0. The van der Waals surface area contributed by atoms with E-state index >= 15 is 0 Å². The molecule has 0 bridgehead atoms. The Kier molecular flexibility index (Phi) is 4.27. The maximum atomic E-state index is 11.8. The van der Waals surface area contributed by atoms with Gasteiger partial charge in [0.2, 0.25) is 5.91 Å². The Hall–Kier alpha value is -1.04. The van der Waals surface area contributed by atoms with Crippen molar-refractivity contribution in [1.29, 1.82) is 0 Å². The number of thioether (sulfide) groups is 1. The highest BCUT2D eigenvalue weighted by molar-refractivity contribution is 7.98. The van der Waals surface area contributed by atoms with Crippen LogP contribution < -0.4 is 10.6 Å². The van der Waals surface area contributed by atoms with Gasteiger partial charge < -0.3 is 15.4 Å². The minimum atomic E-state index is -0.184. The van der Waals surface area contributed by atoms with E-state index in [-0.39, 0.29) is 18.1 Å². The van der Waals surface area contributed by atoms with Gasteiger partial charge in [0.05, 0.1) is 11.3 Å². The molecule has 0 atom stereocenters. The van der Waals surface area contributed by atoms with E-state index in [9.17, 15) is 4.79 Å². The Balaban J connectivity index is 1.86. The summed E-state index contributed by atoms with van der Waals surface area (Å²) in [5, 5.41) is 6.01. The second-order valence-electron chi connectivity index (χ2n) is 4.59. The van der Waals surface area contributed by atoms with Gasteiger partial charge in [-0.05, 0) is 25.3 Å². The number of benzene rings is 1. The maximum Gasteiger partial charge on any atom is 0.250 e. The molecular formula is C13H18N2O2S. The van der Waals surface area contributed by atoms with Crippen LogP contribution in [0.25, 0.3) is 0 Å². The molecule has 1 aliphatic rings.